The van der Waals surface area contributed by atoms with E-state index in [1.807, 2.05) is 0 Å². The van der Waals surface area contributed by atoms with Crippen LogP contribution in [0.4, 0.5) is 0 Å². The van der Waals surface area contributed by atoms with Crippen molar-refractivity contribution in [3.63, 3.8) is 0 Å². The summed E-state index contributed by atoms with van der Waals surface area (Å²) in [6.07, 6.45) is 7.77. The second-order valence-electron chi connectivity index (χ2n) is 2.95. The highest BCUT2D eigenvalue weighted by Crippen LogP contribution is 2.35. The molecule has 9 heavy (non-hydrogen) atoms. The van der Waals surface area contributed by atoms with E-state index in [4.69, 9.17) is 0 Å². The van der Waals surface area contributed by atoms with Gasteiger partial charge in [0.1, 0.15) is 0 Å². The quantitative estimate of drug-likeness (QED) is 0.496. The Hall–Kier alpha value is -0.260. The summed E-state index contributed by atoms with van der Waals surface area (Å²) < 4.78 is 0. The van der Waals surface area contributed by atoms with E-state index in [1.54, 1.807) is 5.57 Å². The molecule has 1 rings (SSSR count). The van der Waals surface area contributed by atoms with Crippen molar-refractivity contribution in [3.05, 3.63) is 11.6 Å². The van der Waals surface area contributed by atoms with Gasteiger partial charge >= 0.3 is 0 Å². The minimum Gasteiger partial charge on any atom is -0.0856 e. The third kappa shape index (κ3) is 1.57. The van der Waals surface area contributed by atoms with Gasteiger partial charge in [-0.05, 0) is 25.2 Å². The molecule has 0 amide bonds. The summed E-state index contributed by atoms with van der Waals surface area (Å²) >= 11 is 0. The molecule has 0 nitrogen and oxygen atoms in total. The SMILES string of the molecule is CCC=C1CC(CC)C1. The van der Waals surface area contributed by atoms with Crippen LogP contribution in [0.15, 0.2) is 11.6 Å². The van der Waals surface area contributed by atoms with Gasteiger partial charge < -0.3 is 0 Å². The molecule has 0 aliphatic heterocycles. The van der Waals surface area contributed by atoms with E-state index in [0.717, 1.165) is 5.92 Å². The van der Waals surface area contributed by atoms with Gasteiger partial charge in [-0.3, -0.25) is 0 Å². The first-order valence-electron chi connectivity index (χ1n) is 4.04. The monoisotopic (exact) mass is 124 g/mol. The fraction of sp³-hybridized carbons (Fsp3) is 0.778. The molecule has 0 atom stereocenters. The van der Waals surface area contributed by atoms with Crippen LogP contribution in [0.5, 0.6) is 0 Å². The van der Waals surface area contributed by atoms with Gasteiger partial charge in [-0.15, -0.1) is 0 Å². The first kappa shape index (κ1) is 6.85. The Kier molecular flexibility index (Phi) is 2.32. The van der Waals surface area contributed by atoms with E-state index in [0.29, 0.717) is 0 Å². The Morgan fingerprint density at radius 3 is 2.56 bits per heavy atom. The molecule has 0 spiro atoms. The van der Waals surface area contributed by atoms with Gasteiger partial charge in [0.25, 0.3) is 0 Å². The molecule has 0 aromatic heterocycles. The zero-order valence-electron chi connectivity index (χ0n) is 6.48. The average Bonchev–Trinajstić information content (AvgIpc) is 1.77. The van der Waals surface area contributed by atoms with E-state index in [9.17, 15) is 0 Å². The lowest BCUT2D eigenvalue weighted by Gasteiger charge is -2.27. The van der Waals surface area contributed by atoms with Crippen LogP contribution in [-0.2, 0) is 0 Å². The number of allylic oxidation sites excluding steroid dienone is 2. The lowest BCUT2D eigenvalue weighted by Crippen LogP contribution is -2.12. The fourth-order valence-corrected chi connectivity index (χ4v) is 1.43. The van der Waals surface area contributed by atoms with Crippen molar-refractivity contribution < 1.29 is 0 Å². The van der Waals surface area contributed by atoms with E-state index in [2.05, 4.69) is 19.9 Å². The molecule has 0 saturated heterocycles. The zero-order chi connectivity index (χ0) is 6.69. The van der Waals surface area contributed by atoms with Gasteiger partial charge in [0.2, 0.25) is 0 Å². The minimum atomic E-state index is 1.03. The van der Waals surface area contributed by atoms with Crippen molar-refractivity contribution >= 4 is 0 Å². The van der Waals surface area contributed by atoms with Gasteiger partial charge in [-0.1, -0.05) is 31.9 Å². The number of hydrogen-bond acceptors (Lipinski definition) is 0. The molecule has 1 aliphatic carbocycles. The normalized spacial score (nSPS) is 25.6. The summed E-state index contributed by atoms with van der Waals surface area (Å²) in [4.78, 5) is 0. The summed E-state index contributed by atoms with van der Waals surface area (Å²) in [5.74, 6) is 1.03. The largest absolute Gasteiger partial charge is 0.0856 e. The predicted octanol–water partition coefficient (Wildman–Crippen LogP) is 3.14. The Morgan fingerprint density at radius 2 is 2.11 bits per heavy atom. The fourth-order valence-electron chi connectivity index (χ4n) is 1.43. The van der Waals surface area contributed by atoms with Crippen molar-refractivity contribution in [2.45, 2.75) is 39.5 Å². The van der Waals surface area contributed by atoms with Gasteiger partial charge in [0, 0.05) is 0 Å². The Balaban J connectivity index is 2.18. The van der Waals surface area contributed by atoms with Crippen molar-refractivity contribution in [3.8, 4) is 0 Å². The minimum absolute atomic E-state index is 1.03. The van der Waals surface area contributed by atoms with E-state index >= 15 is 0 Å². The lowest BCUT2D eigenvalue weighted by atomic mass is 9.78. The molecule has 0 aromatic carbocycles. The van der Waals surface area contributed by atoms with Crippen LogP contribution < -0.4 is 0 Å². The van der Waals surface area contributed by atoms with Gasteiger partial charge in [-0.25, -0.2) is 0 Å². The smallest absolute Gasteiger partial charge is 0.0289 e. The molecule has 1 fully saturated rings. The molecule has 52 valence electrons. The van der Waals surface area contributed by atoms with Crippen molar-refractivity contribution in [2.24, 2.45) is 5.92 Å². The first-order valence-corrected chi connectivity index (χ1v) is 4.04. The maximum Gasteiger partial charge on any atom is -0.0289 e. The number of hydrogen-bond donors (Lipinski definition) is 0. The van der Waals surface area contributed by atoms with Crippen LogP contribution in [-0.4, -0.2) is 0 Å². The first-order chi connectivity index (χ1) is 4.36. The Bertz CT molecular complexity index is 103. The van der Waals surface area contributed by atoms with Crippen molar-refractivity contribution in [2.75, 3.05) is 0 Å². The molecule has 1 aliphatic rings. The second-order valence-corrected chi connectivity index (χ2v) is 2.95. The van der Waals surface area contributed by atoms with Gasteiger partial charge in [0.05, 0.1) is 0 Å². The highest BCUT2D eigenvalue weighted by molar-refractivity contribution is 5.12. The van der Waals surface area contributed by atoms with Crippen LogP contribution >= 0.6 is 0 Å². The lowest BCUT2D eigenvalue weighted by molar-refractivity contribution is 0.404. The van der Waals surface area contributed by atoms with E-state index in [-0.39, 0.29) is 0 Å². The summed E-state index contributed by atoms with van der Waals surface area (Å²) in [5, 5.41) is 0. The Morgan fingerprint density at radius 1 is 1.44 bits per heavy atom. The van der Waals surface area contributed by atoms with Crippen molar-refractivity contribution in [1.82, 2.24) is 0 Å². The molecule has 0 bridgehead atoms. The molecule has 0 aromatic rings. The second kappa shape index (κ2) is 3.05. The summed E-state index contributed by atoms with van der Waals surface area (Å²) in [6.45, 7) is 4.50. The van der Waals surface area contributed by atoms with Crippen LogP contribution in [0.3, 0.4) is 0 Å². The molecule has 1 saturated carbocycles. The highest BCUT2D eigenvalue weighted by Gasteiger charge is 2.19. The van der Waals surface area contributed by atoms with Crippen LogP contribution in [0.2, 0.25) is 0 Å². The summed E-state index contributed by atoms with van der Waals surface area (Å²) in [5.41, 5.74) is 1.70. The maximum atomic E-state index is 2.38. The third-order valence-electron chi connectivity index (χ3n) is 2.17. The molecule has 0 radical (unpaired) electrons. The summed E-state index contributed by atoms with van der Waals surface area (Å²) in [7, 11) is 0. The van der Waals surface area contributed by atoms with Crippen molar-refractivity contribution in [1.29, 1.82) is 0 Å². The average molecular weight is 124 g/mol. The van der Waals surface area contributed by atoms with Crippen LogP contribution in [0.1, 0.15) is 39.5 Å². The highest BCUT2D eigenvalue weighted by atomic mass is 14.2. The maximum absolute atomic E-state index is 2.38. The third-order valence-corrected chi connectivity index (χ3v) is 2.17. The van der Waals surface area contributed by atoms with E-state index in [1.165, 1.54) is 25.7 Å². The molecule has 0 heteroatoms. The molecular formula is C9H16. The van der Waals surface area contributed by atoms with Gasteiger partial charge in [0.15, 0.2) is 0 Å². The molecule has 0 N–H and O–H groups in total. The van der Waals surface area contributed by atoms with Gasteiger partial charge in [-0.2, -0.15) is 0 Å². The summed E-state index contributed by atoms with van der Waals surface area (Å²) in [6, 6.07) is 0. The standard InChI is InChI=1S/C9H16/c1-3-5-9-6-8(4-2)7-9/h5,8H,3-4,6-7H2,1-2H3. The molecule has 0 heterocycles. The molecule has 0 unspecified atom stereocenters. The predicted molar refractivity (Wildman–Crippen MR) is 41.4 cm³/mol. The zero-order valence-corrected chi connectivity index (χ0v) is 6.48. The van der Waals surface area contributed by atoms with Crippen LogP contribution in [0, 0.1) is 5.92 Å². The molecular weight excluding hydrogens is 108 g/mol. The topological polar surface area (TPSA) is 0 Å². The van der Waals surface area contributed by atoms with Crippen LogP contribution in [0.25, 0.3) is 0 Å². The van der Waals surface area contributed by atoms with E-state index < -0.39 is 0 Å². The Labute approximate surface area is 58.0 Å². The number of rotatable bonds is 2.